The first-order valence-corrected chi connectivity index (χ1v) is 6.66. The van der Waals surface area contributed by atoms with E-state index in [1.165, 1.54) is 11.3 Å². The predicted molar refractivity (Wildman–Crippen MR) is 73.4 cm³/mol. The average Bonchev–Trinajstić information content (AvgIpc) is 2.62. The summed E-state index contributed by atoms with van der Waals surface area (Å²) < 4.78 is 1.68. The van der Waals surface area contributed by atoms with E-state index in [9.17, 15) is 9.59 Å². The molecule has 0 bridgehead atoms. The van der Waals surface area contributed by atoms with Gasteiger partial charge in [-0.05, 0) is 13.8 Å². The van der Waals surface area contributed by atoms with Gasteiger partial charge in [0.1, 0.15) is 0 Å². The van der Waals surface area contributed by atoms with Crippen LogP contribution in [0.3, 0.4) is 0 Å². The number of benzene rings is 1. The van der Waals surface area contributed by atoms with Gasteiger partial charge in [0.2, 0.25) is 0 Å². The number of hydrogen-bond acceptors (Lipinski definition) is 3. The van der Waals surface area contributed by atoms with Crippen LogP contribution >= 0.6 is 11.3 Å². The van der Waals surface area contributed by atoms with Gasteiger partial charge >= 0.3 is 4.87 Å². The van der Waals surface area contributed by atoms with E-state index in [4.69, 9.17) is 0 Å². The smallest absolute Gasteiger partial charge is 0.303 e. The summed E-state index contributed by atoms with van der Waals surface area (Å²) in [4.78, 5) is 24.7. The van der Waals surface area contributed by atoms with E-state index in [2.05, 4.69) is 0 Å². The van der Waals surface area contributed by atoms with Gasteiger partial charge in [0.15, 0.2) is 5.78 Å². The second-order valence-electron chi connectivity index (χ2n) is 4.20. The number of thiazole rings is 1. The van der Waals surface area contributed by atoms with E-state index in [1.807, 2.05) is 32.0 Å². The second kappa shape index (κ2) is 5.31. The van der Waals surface area contributed by atoms with Crippen molar-refractivity contribution in [2.75, 3.05) is 0 Å². The van der Waals surface area contributed by atoms with Gasteiger partial charge in [0, 0.05) is 29.1 Å². The van der Waals surface area contributed by atoms with Crippen LogP contribution in [0.15, 0.2) is 35.1 Å². The van der Waals surface area contributed by atoms with Crippen LogP contribution in [0.5, 0.6) is 0 Å². The Morgan fingerprint density at radius 1 is 1.22 bits per heavy atom. The predicted octanol–water partition coefficient (Wildman–Crippen LogP) is 2.80. The summed E-state index contributed by atoms with van der Waals surface area (Å²) in [5.74, 6) is 0.0748. The highest BCUT2D eigenvalue weighted by molar-refractivity contribution is 7.09. The summed E-state index contributed by atoms with van der Waals surface area (Å²) in [6.45, 7) is 4.31. The lowest BCUT2D eigenvalue weighted by molar-refractivity contribution is 0.0976. The molecule has 1 heterocycles. The number of rotatable bonds is 4. The van der Waals surface area contributed by atoms with Crippen molar-refractivity contribution >= 4 is 17.1 Å². The molecule has 0 atom stereocenters. The maximum absolute atomic E-state index is 11.9. The van der Waals surface area contributed by atoms with Crippen LogP contribution in [0.2, 0.25) is 0 Å². The summed E-state index contributed by atoms with van der Waals surface area (Å²) in [7, 11) is 0. The highest BCUT2D eigenvalue weighted by Crippen LogP contribution is 2.11. The lowest BCUT2D eigenvalue weighted by Gasteiger charge is -2.04. The van der Waals surface area contributed by atoms with Crippen LogP contribution in [0.4, 0.5) is 0 Å². The van der Waals surface area contributed by atoms with Crippen LogP contribution in [0.1, 0.15) is 27.3 Å². The summed E-state index contributed by atoms with van der Waals surface area (Å²) in [5, 5.41) is 0. The number of carbonyl (C=O) groups is 1. The summed E-state index contributed by atoms with van der Waals surface area (Å²) in [6.07, 6.45) is 0.362. The van der Waals surface area contributed by atoms with Gasteiger partial charge in [0.25, 0.3) is 0 Å². The van der Waals surface area contributed by atoms with Crippen molar-refractivity contribution in [3.8, 4) is 0 Å². The number of aryl methyl sites for hydroxylation is 1. The van der Waals surface area contributed by atoms with Gasteiger partial charge in [-0.25, -0.2) is 0 Å². The molecule has 0 radical (unpaired) electrons. The normalized spacial score (nSPS) is 10.6. The Kier molecular flexibility index (Phi) is 3.77. The molecule has 2 rings (SSSR count). The molecule has 0 aliphatic rings. The van der Waals surface area contributed by atoms with Gasteiger partial charge in [-0.1, -0.05) is 41.7 Å². The van der Waals surface area contributed by atoms with Crippen molar-refractivity contribution in [2.45, 2.75) is 26.8 Å². The van der Waals surface area contributed by atoms with Crippen LogP contribution in [0, 0.1) is 13.8 Å². The summed E-state index contributed by atoms with van der Waals surface area (Å²) in [6, 6.07) is 9.18. The van der Waals surface area contributed by atoms with Gasteiger partial charge in [-0.2, -0.15) is 0 Å². The fourth-order valence-electron chi connectivity index (χ4n) is 1.83. The first-order chi connectivity index (χ1) is 8.59. The van der Waals surface area contributed by atoms with Crippen molar-refractivity contribution in [3.05, 3.63) is 56.1 Å². The SMILES string of the molecule is Cc1sc(=O)n(CCC(=O)c2ccccc2)c1C. The summed E-state index contributed by atoms with van der Waals surface area (Å²) in [5.41, 5.74) is 1.67. The lowest BCUT2D eigenvalue weighted by atomic mass is 10.1. The zero-order chi connectivity index (χ0) is 13.1. The molecule has 0 amide bonds. The third kappa shape index (κ3) is 2.59. The fourth-order valence-corrected chi connectivity index (χ4v) is 2.69. The highest BCUT2D eigenvalue weighted by Gasteiger charge is 2.10. The van der Waals surface area contributed by atoms with E-state index in [0.29, 0.717) is 18.5 Å². The molecule has 1 aromatic carbocycles. The molecule has 94 valence electrons. The van der Waals surface area contributed by atoms with Crippen molar-refractivity contribution in [1.29, 1.82) is 0 Å². The minimum Gasteiger partial charge on any atom is -0.303 e. The first kappa shape index (κ1) is 12.8. The minimum atomic E-state index is 0.0193. The Morgan fingerprint density at radius 2 is 1.89 bits per heavy atom. The second-order valence-corrected chi connectivity index (χ2v) is 5.37. The standard InChI is InChI=1S/C14H15NO2S/c1-10-11(2)18-14(17)15(10)9-8-13(16)12-6-4-3-5-7-12/h3-7H,8-9H2,1-2H3. The lowest BCUT2D eigenvalue weighted by Crippen LogP contribution is -2.17. The molecule has 3 nitrogen and oxygen atoms in total. The monoisotopic (exact) mass is 261 g/mol. The molecule has 0 aliphatic carbocycles. The zero-order valence-electron chi connectivity index (χ0n) is 10.5. The Hall–Kier alpha value is -1.68. The molecule has 0 fully saturated rings. The number of Topliss-reactive ketones (excluding diaryl/α,β-unsaturated/α-hetero) is 1. The van der Waals surface area contributed by atoms with Crippen LogP contribution < -0.4 is 4.87 Å². The molecule has 0 saturated heterocycles. The molecular weight excluding hydrogens is 246 g/mol. The quantitative estimate of drug-likeness (QED) is 0.794. The minimum absolute atomic E-state index is 0.0193. The Bertz CT molecular complexity index is 610. The van der Waals surface area contributed by atoms with E-state index >= 15 is 0 Å². The third-order valence-electron chi connectivity index (χ3n) is 3.03. The maximum Gasteiger partial charge on any atom is 0.307 e. The Labute approximate surface area is 110 Å². The number of hydrogen-bond donors (Lipinski definition) is 0. The highest BCUT2D eigenvalue weighted by atomic mass is 32.1. The van der Waals surface area contributed by atoms with Crippen LogP contribution in [0.25, 0.3) is 0 Å². The van der Waals surface area contributed by atoms with Crippen molar-refractivity contribution in [1.82, 2.24) is 4.57 Å². The molecule has 0 spiro atoms. The van der Waals surface area contributed by atoms with Gasteiger partial charge in [-0.15, -0.1) is 0 Å². The fraction of sp³-hybridized carbons (Fsp3) is 0.286. The van der Waals surface area contributed by atoms with Crippen molar-refractivity contribution in [2.24, 2.45) is 0 Å². The topological polar surface area (TPSA) is 39.1 Å². The number of aromatic nitrogens is 1. The molecule has 0 N–H and O–H groups in total. The molecule has 0 unspecified atom stereocenters. The first-order valence-electron chi connectivity index (χ1n) is 5.84. The van der Waals surface area contributed by atoms with Crippen LogP contribution in [-0.4, -0.2) is 10.4 Å². The number of nitrogens with zero attached hydrogens (tertiary/aromatic N) is 1. The van der Waals surface area contributed by atoms with E-state index in [1.54, 1.807) is 16.7 Å². The third-order valence-corrected chi connectivity index (χ3v) is 4.03. The molecule has 1 aromatic heterocycles. The van der Waals surface area contributed by atoms with Gasteiger partial charge in [0.05, 0.1) is 0 Å². The van der Waals surface area contributed by atoms with Gasteiger partial charge < -0.3 is 4.57 Å². The maximum atomic E-state index is 11.9. The van der Waals surface area contributed by atoms with Gasteiger partial charge in [-0.3, -0.25) is 9.59 Å². The number of carbonyl (C=O) groups excluding carboxylic acids is 1. The zero-order valence-corrected chi connectivity index (χ0v) is 11.3. The molecule has 18 heavy (non-hydrogen) atoms. The average molecular weight is 261 g/mol. The van der Waals surface area contributed by atoms with Crippen LogP contribution in [-0.2, 0) is 6.54 Å². The molecule has 2 aromatic rings. The number of ketones is 1. The molecule has 0 saturated carbocycles. The van der Waals surface area contributed by atoms with Crippen molar-refractivity contribution in [3.63, 3.8) is 0 Å². The van der Waals surface area contributed by atoms with E-state index in [-0.39, 0.29) is 10.7 Å². The molecular formula is C14H15NO2S. The Balaban J connectivity index is 2.09. The largest absolute Gasteiger partial charge is 0.307 e. The van der Waals surface area contributed by atoms with Crippen molar-refractivity contribution < 1.29 is 4.79 Å². The van der Waals surface area contributed by atoms with E-state index < -0.39 is 0 Å². The molecule has 0 aliphatic heterocycles. The summed E-state index contributed by atoms with van der Waals surface area (Å²) >= 11 is 1.24. The molecule has 4 heteroatoms. The van der Waals surface area contributed by atoms with E-state index in [0.717, 1.165) is 10.6 Å². The Morgan fingerprint density at radius 3 is 2.44 bits per heavy atom.